The summed E-state index contributed by atoms with van der Waals surface area (Å²) in [7, 11) is 0. The fraction of sp³-hybridized carbons (Fsp3) is 0.154. The number of halogens is 1. The second kappa shape index (κ2) is 5.24. The Morgan fingerprint density at radius 2 is 2.16 bits per heavy atom. The minimum absolute atomic E-state index is 0.294. The highest BCUT2D eigenvalue weighted by molar-refractivity contribution is 6.35. The minimum atomic E-state index is -1.09. The summed E-state index contributed by atoms with van der Waals surface area (Å²) in [6, 6.07) is 5.92. The van der Waals surface area contributed by atoms with E-state index < -0.39 is 17.9 Å². The number of benzene rings is 1. The molecule has 1 aromatic heterocycles. The highest BCUT2D eigenvalue weighted by atomic mass is 35.5. The Labute approximate surface area is 114 Å². The molecule has 1 heterocycles. The normalized spacial score (nSPS) is 12.1. The minimum Gasteiger partial charge on any atom is -0.480 e. The largest absolute Gasteiger partial charge is 0.480 e. The van der Waals surface area contributed by atoms with Gasteiger partial charge < -0.3 is 10.4 Å². The van der Waals surface area contributed by atoms with Crippen LogP contribution in [0.15, 0.2) is 30.5 Å². The summed E-state index contributed by atoms with van der Waals surface area (Å²) in [5.41, 5.74) is 0.898. The predicted octanol–water partition coefficient (Wildman–Crippen LogP) is 2.09. The van der Waals surface area contributed by atoms with E-state index >= 15 is 0 Å². The van der Waals surface area contributed by atoms with Gasteiger partial charge in [0.15, 0.2) is 0 Å². The molecule has 0 saturated carbocycles. The number of rotatable bonds is 3. The summed E-state index contributed by atoms with van der Waals surface area (Å²) in [5.74, 6) is -1.57. The fourth-order valence-corrected chi connectivity index (χ4v) is 1.82. The average molecular weight is 279 g/mol. The Kier molecular flexibility index (Phi) is 3.66. The van der Waals surface area contributed by atoms with Crippen LogP contribution in [0.25, 0.3) is 10.9 Å². The zero-order chi connectivity index (χ0) is 14.0. The van der Waals surface area contributed by atoms with E-state index in [0.717, 1.165) is 5.39 Å². The third-order valence-corrected chi connectivity index (χ3v) is 2.95. The molecule has 0 aliphatic rings. The molecule has 1 amide bonds. The molecule has 5 nitrogen and oxygen atoms in total. The molecule has 6 heteroatoms. The molecular weight excluding hydrogens is 268 g/mol. The number of hydrogen-bond donors (Lipinski definition) is 2. The molecule has 0 bridgehead atoms. The standard InChI is InChI=1S/C13H11ClN2O3/c1-7(13(18)19)16-12(17)9-5-8-3-2-4-10(14)11(8)15-6-9/h2-7H,1H3,(H,16,17)(H,18,19). The van der Waals surface area contributed by atoms with Crippen molar-refractivity contribution in [2.45, 2.75) is 13.0 Å². The van der Waals surface area contributed by atoms with Crippen LogP contribution < -0.4 is 5.32 Å². The summed E-state index contributed by atoms with van der Waals surface area (Å²) in [6.45, 7) is 1.39. The van der Waals surface area contributed by atoms with Gasteiger partial charge >= 0.3 is 5.97 Å². The van der Waals surface area contributed by atoms with Crippen LogP contribution in [0.2, 0.25) is 5.02 Å². The Balaban J connectivity index is 2.31. The zero-order valence-electron chi connectivity index (χ0n) is 10.1. The van der Waals surface area contributed by atoms with Crippen LogP contribution in [0.1, 0.15) is 17.3 Å². The molecule has 2 N–H and O–H groups in total. The van der Waals surface area contributed by atoms with Crippen molar-refractivity contribution in [3.05, 3.63) is 41.0 Å². The number of carbonyl (C=O) groups is 2. The monoisotopic (exact) mass is 278 g/mol. The van der Waals surface area contributed by atoms with Gasteiger partial charge in [-0.25, -0.2) is 0 Å². The SMILES string of the molecule is CC(NC(=O)c1cnc2c(Cl)cccc2c1)C(=O)O. The van der Waals surface area contributed by atoms with Gasteiger partial charge in [-0.1, -0.05) is 23.7 Å². The lowest BCUT2D eigenvalue weighted by Gasteiger charge is -2.09. The van der Waals surface area contributed by atoms with Crippen molar-refractivity contribution in [1.82, 2.24) is 10.3 Å². The summed E-state index contributed by atoms with van der Waals surface area (Å²) in [4.78, 5) is 26.6. The second-order valence-corrected chi connectivity index (χ2v) is 4.48. The number of fused-ring (bicyclic) bond motifs is 1. The number of carbonyl (C=O) groups excluding carboxylic acids is 1. The van der Waals surface area contributed by atoms with Gasteiger partial charge in [0.2, 0.25) is 0 Å². The van der Waals surface area contributed by atoms with E-state index in [1.54, 1.807) is 24.3 Å². The van der Waals surface area contributed by atoms with Gasteiger partial charge in [0, 0.05) is 11.6 Å². The number of pyridine rings is 1. The first kappa shape index (κ1) is 13.3. The van der Waals surface area contributed by atoms with E-state index in [2.05, 4.69) is 10.3 Å². The van der Waals surface area contributed by atoms with E-state index in [1.807, 2.05) is 0 Å². The number of nitrogens with one attached hydrogen (secondary N) is 1. The van der Waals surface area contributed by atoms with Crippen molar-refractivity contribution >= 4 is 34.4 Å². The number of aliphatic carboxylic acids is 1. The van der Waals surface area contributed by atoms with Gasteiger partial charge in [0.05, 0.1) is 16.1 Å². The molecule has 0 aliphatic carbocycles. The van der Waals surface area contributed by atoms with Gasteiger partial charge in [-0.05, 0) is 19.1 Å². The van der Waals surface area contributed by atoms with Crippen molar-refractivity contribution in [1.29, 1.82) is 0 Å². The van der Waals surface area contributed by atoms with Crippen molar-refractivity contribution in [2.75, 3.05) is 0 Å². The van der Waals surface area contributed by atoms with Crippen LogP contribution >= 0.6 is 11.6 Å². The molecule has 19 heavy (non-hydrogen) atoms. The van der Waals surface area contributed by atoms with Crippen molar-refractivity contribution in [2.24, 2.45) is 0 Å². The molecule has 0 fully saturated rings. The molecule has 0 aliphatic heterocycles. The fourth-order valence-electron chi connectivity index (χ4n) is 1.59. The maximum absolute atomic E-state index is 11.8. The van der Waals surface area contributed by atoms with Crippen molar-refractivity contribution in [3.8, 4) is 0 Å². The van der Waals surface area contributed by atoms with E-state index in [0.29, 0.717) is 16.1 Å². The zero-order valence-corrected chi connectivity index (χ0v) is 10.8. The van der Waals surface area contributed by atoms with Gasteiger partial charge in [0.25, 0.3) is 5.91 Å². The molecule has 1 aromatic carbocycles. The lowest BCUT2D eigenvalue weighted by Crippen LogP contribution is -2.38. The van der Waals surface area contributed by atoms with Crippen LogP contribution in [-0.4, -0.2) is 28.0 Å². The first-order chi connectivity index (χ1) is 8.99. The predicted molar refractivity (Wildman–Crippen MR) is 71.3 cm³/mol. The van der Waals surface area contributed by atoms with Gasteiger partial charge in [-0.3, -0.25) is 14.6 Å². The summed E-state index contributed by atoms with van der Waals surface area (Å²) in [6.07, 6.45) is 1.37. The van der Waals surface area contributed by atoms with E-state index in [-0.39, 0.29) is 0 Å². The van der Waals surface area contributed by atoms with Crippen molar-refractivity contribution in [3.63, 3.8) is 0 Å². The van der Waals surface area contributed by atoms with E-state index in [1.165, 1.54) is 13.1 Å². The molecular formula is C13H11ClN2O3. The maximum atomic E-state index is 11.8. The van der Waals surface area contributed by atoms with Crippen LogP contribution in [-0.2, 0) is 4.79 Å². The number of carboxylic acid groups (broad SMARTS) is 1. The van der Waals surface area contributed by atoms with Gasteiger partial charge in [0.1, 0.15) is 6.04 Å². The molecule has 1 atom stereocenters. The molecule has 0 spiro atoms. The van der Waals surface area contributed by atoms with Gasteiger partial charge in [-0.2, -0.15) is 0 Å². The molecule has 2 aromatic rings. The summed E-state index contributed by atoms with van der Waals surface area (Å²) >= 11 is 5.97. The Morgan fingerprint density at radius 1 is 1.42 bits per heavy atom. The third-order valence-electron chi connectivity index (χ3n) is 2.64. The lowest BCUT2D eigenvalue weighted by molar-refractivity contribution is -0.138. The third kappa shape index (κ3) is 2.82. The van der Waals surface area contributed by atoms with Crippen LogP contribution in [0.5, 0.6) is 0 Å². The Morgan fingerprint density at radius 3 is 2.84 bits per heavy atom. The molecule has 0 saturated heterocycles. The van der Waals surface area contributed by atoms with Crippen LogP contribution in [0, 0.1) is 0 Å². The first-order valence-electron chi connectivity index (χ1n) is 5.57. The molecule has 98 valence electrons. The Hall–Kier alpha value is -2.14. The number of hydrogen-bond acceptors (Lipinski definition) is 3. The summed E-state index contributed by atoms with van der Waals surface area (Å²) in [5, 5.41) is 12.3. The highest BCUT2D eigenvalue weighted by Crippen LogP contribution is 2.21. The topological polar surface area (TPSA) is 79.3 Å². The smallest absolute Gasteiger partial charge is 0.325 e. The van der Waals surface area contributed by atoms with Crippen LogP contribution in [0.3, 0.4) is 0 Å². The maximum Gasteiger partial charge on any atom is 0.325 e. The quantitative estimate of drug-likeness (QED) is 0.901. The number of para-hydroxylation sites is 1. The molecule has 1 unspecified atom stereocenters. The number of carboxylic acids is 1. The number of aromatic nitrogens is 1. The van der Waals surface area contributed by atoms with E-state index in [9.17, 15) is 9.59 Å². The average Bonchev–Trinajstić information content (AvgIpc) is 2.38. The molecule has 0 radical (unpaired) electrons. The Bertz CT molecular complexity index is 657. The van der Waals surface area contributed by atoms with Gasteiger partial charge in [-0.15, -0.1) is 0 Å². The second-order valence-electron chi connectivity index (χ2n) is 4.07. The van der Waals surface area contributed by atoms with E-state index in [4.69, 9.17) is 16.7 Å². The van der Waals surface area contributed by atoms with Crippen molar-refractivity contribution < 1.29 is 14.7 Å². The summed E-state index contributed by atoms with van der Waals surface area (Å²) < 4.78 is 0. The number of amides is 1. The highest BCUT2D eigenvalue weighted by Gasteiger charge is 2.16. The lowest BCUT2D eigenvalue weighted by atomic mass is 10.1. The number of nitrogens with zero attached hydrogens (tertiary/aromatic N) is 1. The van der Waals surface area contributed by atoms with Crippen LogP contribution in [0.4, 0.5) is 0 Å². The first-order valence-corrected chi connectivity index (χ1v) is 5.95. The molecule has 2 rings (SSSR count).